The summed E-state index contributed by atoms with van der Waals surface area (Å²) in [5.74, 6) is 0.598. The summed E-state index contributed by atoms with van der Waals surface area (Å²) < 4.78 is 4.59. The minimum atomic E-state index is -0.144. The fraction of sp³-hybridized carbons (Fsp3) is 0.556. The van der Waals surface area contributed by atoms with Crippen LogP contribution in [0.4, 0.5) is 0 Å². The van der Waals surface area contributed by atoms with E-state index in [1.807, 2.05) is 18.2 Å². The molecule has 1 aliphatic carbocycles. The Bertz CT molecular complexity index is 486. The lowest BCUT2D eigenvalue weighted by Gasteiger charge is -2.05. The van der Waals surface area contributed by atoms with Gasteiger partial charge in [0.05, 0.1) is 7.11 Å². The molecule has 4 heteroatoms. The number of carbonyl (C=O) groups excluding carboxylic acids is 2. The average molecular weight is 303 g/mol. The third kappa shape index (κ3) is 5.17. The van der Waals surface area contributed by atoms with E-state index in [0.717, 1.165) is 38.6 Å². The number of benzene rings is 1. The maximum Gasteiger partial charge on any atom is 0.305 e. The number of rotatable bonds is 9. The van der Waals surface area contributed by atoms with Crippen molar-refractivity contribution in [1.82, 2.24) is 5.32 Å². The van der Waals surface area contributed by atoms with Gasteiger partial charge in [-0.05, 0) is 30.7 Å². The van der Waals surface area contributed by atoms with E-state index in [-0.39, 0.29) is 17.8 Å². The molecule has 1 aromatic rings. The van der Waals surface area contributed by atoms with Gasteiger partial charge in [0.25, 0.3) is 0 Å². The topological polar surface area (TPSA) is 55.4 Å². The third-order valence-electron chi connectivity index (χ3n) is 4.19. The summed E-state index contributed by atoms with van der Waals surface area (Å²) in [6.45, 7) is 0.731. The van der Waals surface area contributed by atoms with Crippen LogP contribution in [0.5, 0.6) is 0 Å². The predicted octanol–water partition coefficient (Wildman–Crippen LogP) is 3.03. The number of methoxy groups -OCH3 is 1. The Morgan fingerprint density at radius 1 is 1.14 bits per heavy atom. The molecule has 0 saturated heterocycles. The molecule has 1 amide bonds. The molecule has 0 aromatic heterocycles. The molecular formula is C18H25NO3. The van der Waals surface area contributed by atoms with Crippen molar-refractivity contribution in [3.63, 3.8) is 0 Å². The van der Waals surface area contributed by atoms with Gasteiger partial charge in [-0.25, -0.2) is 0 Å². The SMILES string of the molecule is COC(=O)CCCCCCNC(=O)C1CC1c1ccccc1. The summed E-state index contributed by atoms with van der Waals surface area (Å²) in [6.07, 6.45) is 5.32. The van der Waals surface area contributed by atoms with Gasteiger partial charge in [-0.2, -0.15) is 0 Å². The van der Waals surface area contributed by atoms with E-state index >= 15 is 0 Å². The highest BCUT2D eigenvalue weighted by Gasteiger charge is 2.43. The molecule has 2 atom stereocenters. The first-order valence-corrected chi connectivity index (χ1v) is 8.12. The number of unbranched alkanes of at least 4 members (excludes halogenated alkanes) is 3. The Balaban J connectivity index is 1.52. The molecule has 1 aliphatic rings. The van der Waals surface area contributed by atoms with Gasteiger partial charge in [0, 0.05) is 18.9 Å². The van der Waals surface area contributed by atoms with Gasteiger partial charge in [0.15, 0.2) is 0 Å². The minimum absolute atomic E-state index is 0.144. The molecule has 0 aliphatic heterocycles. The van der Waals surface area contributed by atoms with Crippen LogP contribution in [0.25, 0.3) is 0 Å². The molecule has 0 heterocycles. The molecule has 120 valence electrons. The van der Waals surface area contributed by atoms with Crippen molar-refractivity contribution in [2.75, 3.05) is 13.7 Å². The Hall–Kier alpha value is -1.84. The van der Waals surface area contributed by atoms with Gasteiger partial charge in [-0.15, -0.1) is 0 Å². The standard InChI is InChI=1S/C18H25NO3/c1-22-17(20)11-7-2-3-8-12-19-18(21)16-13-15(16)14-9-5-4-6-10-14/h4-6,9-10,15-16H,2-3,7-8,11-13H2,1H3,(H,19,21). The van der Waals surface area contributed by atoms with Crippen molar-refractivity contribution >= 4 is 11.9 Å². The number of esters is 1. The predicted molar refractivity (Wildman–Crippen MR) is 85.4 cm³/mol. The number of hydrogen-bond acceptors (Lipinski definition) is 3. The second-order valence-electron chi connectivity index (χ2n) is 5.89. The van der Waals surface area contributed by atoms with Crippen molar-refractivity contribution in [2.24, 2.45) is 5.92 Å². The quantitative estimate of drug-likeness (QED) is 0.563. The van der Waals surface area contributed by atoms with Crippen LogP contribution in [0.3, 0.4) is 0 Å². The maximum atomic E-state index is 12.0. The van der Waals surface area contributed by atoms with Crippen LogP contribution in [0.15, 0.2) is 30.3 Å². The first kappa shape index (κ1) is 16.5. The zero-order chi connectivity index (χ0) is 15.8. The second-order valence-corrected chi connectivity index (χ2v) is 5.89. The average Bonchev–Trinajstić information content (AvgIpc) is 3.35. The van der Waals surface area contributed by atoms with Crippen LogP contribution in [0.2, 0.25) is 0 Å². The van der Waals surface area contributed by atoms with E-state index < -0.39 is 0 Å². The summed E-state index contributed by atoms with van der Waals surface area (Å²) in [4.78, 5) is 23.0. The zero-order valence-electron chi connectivity index (χ0n) is 13.2. The molecule has 2 rings (SSSR count). The van der Waals surface area contributed by atoms with Crippen LogP contribution >= 0.6 is 0 Å². The van der Waals surface area contributed by atoms with Crippen molar-refractivity contribution in [3.05, 3.63) is 35.9 Å². The molecule has 4 nitrogen and oxygen atoms in total. The lowest BCUT2D eigenvalue weighted by molar-refractivity contribution is -0.140. The first-order valence-electron chi connectivity index (χ1n) is 8.12. The van der Waals surface area contributed by atoms with Gasteiger partial charge in [0.1, 0.15) is 0 Å². The van der Waals surface area contributed by atoms with Crippen LogP contribution in [-0.2, 0) is 14.3 Å². The maximum absolute atomic E-state index is 12.0. The normalized spacial score (nSPS) is 19.5. The van der Waals surface area contributed by atoms with Crippen molar-refractivity contribution in [3.8, 4) is 0 Å². The Morgan fingerprint density at radius 2 is 1.86 bits per heavy atom. The smallest absolute Gasteiger partial charge is 0.305 e. The molecule has 1 N–H and O–H groups in total. The van der Waals surface area contributed by atoms with E-state index in [1.54, 1.807) is 0 Å². The molecule has 2 unspecified atom stereocenters. The summed E-state index contributed by atoms with van der Waals surface area (Å²) >= 11 is 0. The van der Waals surface area contributed by atoms with Crippen molar-refractivity contribution in [2.45, 2.75) is 44.4 Å². The molecule has 0 spiro atoms. The number of hydrogen-bond donors (Lipinski definition) is 1. The molecule has 1 fully saturated rings. The number of ether oxygens (including phenoxy) is 1. The summed E-state index contributed by atoms with van der Waals surface area (Å²) in [5.41, 5.74) is 1.27. The van der Waals surface area contributed by atoms with E-state index in [2.05, 4.69) is 22.2 Å². The highest BCUT2D eigenvalue weighted by Crippen LogP contribution is 2.47. The largest absolute Gasteiger partial charge is 0.469 e. The molecule has 1 saturated carbocycles. The molecular weight excluding hydrogens is 278 g/mol. The Kier molecular flexibility index (Phi) is 6.44. The molecule has 0 radical (unpaired) electrons. The fourth-order valence-corrected chi connectivity index (χ4v) is 2.75. The van der Waals surface area contributed by atoms with Crippen LogP contribution < -0.4 is 5.32 Å². The van der Waals surface area contributed by atoms with Gasteiger partial charge in [-0.1, -0.05) is 43.2 Å². The van der Waals surface area contributed by atoms with Crippen LogP contribution in [0, 0.1) is 5.92 Å². The minimum Gasteiger partial charge on any atom is -0.469 e. The zero-order valence-corrected chi connectivity index (χ0v) is 13.2. The van der Waals surface area contributed by atoms with Crippen molar-refractivity contribution in [1.29, 1.82) is 0 Å². The number of amides is 1. The summed E-state index contributed by atoms with van der Waals surface area (Å²) in [6, 6.07) is 10.2. The number of carbonyl (C=O) groups is 2. The lowest BCUT2D eigenvalue weighted by Crippen LogP contribution is -2.26. The van der Waals surface area contributed by atoms with Gasteiger partial charge in [0.2, 0.25) is 5.91 Å². The molecule has 1 aromatic carbocycles. The van der Waals surface area contributed by atoms with Gasteiger partial charge >= 0.3 is 5.97 Å². The molecule has 0 bridgehead atoms. The lowest BCUT2D eigenvalue weighted by atomic mass is 10.1. The van der Waals surface area contributed by atoms with Crippen LogP contribution in [0.1, 0.15) is 50.0 Å². The monoisotopic (exact) mass is 303 g/mol. The highest BCUT2D eigenvalue weighted by molar-refractivity contribution is 5.82. The van der Waals surface area contributed by atoms with Crippen LogP contribution in [-0.4, -0.2) is 25.5 Å². The van der Waals surface area contributed by atoms with E-state index in [9.17, 15) is 9.59 Å². The van der Waals surface area contributed by atoms with E-state index in [4.69, 9.17) is 0 Å². The third-order valence-corrected chi connectivity index (χ3v) is 4.19. The summed E-state index contributed by atoms with van der Waals surface area (Å²) in [5, 5.41) is 3.02. The van der Waals surface area contributed by atoms with Gasteiger partial charge in [-0.3, -0.25) is 9.59 Å². The Morgan fingerprint density at radius 3 is 2.59 bits per heavy atom. The number of nitrogens with one attached hydrogen (secondary N) is 1. The van der Waals surface area contributed by atoms with Crippen molar-refractivity contribution < 1.29 is 14.3 Å². The molecule has 22 heavy (non-hydrogen) atoms. The second kappa shape index (κ2) is 8.57. The summed E-state index contributed by atoms with van der Waals surface area (Å²) in [7, 11) is 1.42. The van der Waals surface area contributed by atoms with Gasteiger partial charge < -0.3 is 10.1 Å². The van der Waals surface area contributed by atoms with E-state index in [0.29, 0.717) is 12.3 Å². The van der Waals surface area contributed by atoms with E-state index in [1.165, 1.54) is 12.7 Å². The fourth-order valence-electron chi connectivity index (χ4n) is 2.75. The highest BCUT2D eigenvalue weighted by atomic mass is 16.5. The first-order chi connectivity index (χ1) is 10.7. The Labute approximate surface area is 132 Å².